The third-order valence-electron chi connectivity index (χ3n) is 4.27. The van der Waals surface area contributed by atoms with Gasteiger partial charge in [0.2, 0.25) is 0 Å². The molecule has 0 aliphatic carbocycles. The van der Waals surface area contributed by atoms with E-state index in [9.17, 15) is 10.1 Å². The summed E-state index contributed by atoms with van der Waals surface area (Å²) in [5, 5.41) is 14.0. The van der Waals surface area contributed by atoms with E-state index >= 15 is 0 Å². The molecule has 0 unspecified atom stereocenters. The molecule has 21 heavy (non-hydrogen) atoms. The predicted octanol–water partition coefficient (Wildman–Crippen LogP) is 2.16. The van der Waals surface area contributed by atoms with Crippen molar-refractivity contribution in [1.29, 1.82) is 0 Å². The minimum absolute atomic E-state index is 0.145. The van der Waals surface area contributed by atoms with Crippen LogP contribution in [0.25, 0.3) is 0 Å². The molecule has 1 aromatic rings. The Hall–Kier alpha value is -1.66. The fourth-order valence-corrected chi connectivity index (χ4v) is 2.89. The Bertz CT molecular complexity index is 498. The van der Waals surface area contributed by atoms with Gasteiger partial charge >= 0.3 is 0 Å². The molecule has 116 valence electrons. The van der Waals surface area contributed by atoms with Crippen LogP contribution in [0.4, 0.5) is 11.4 Å². The van der Waals surface area contributed by atoms with Crippen molar-refractivity contribution in [2.24, 2.45) is 0 Å². The average Bonchev–Trinajstić information content (AvgIpc) is 2.47. The lowest BCUT2D eigenvalue weighted by atomic mass is 10.0. The Kier molecular flexibility index (Phi) is 5.14. The molecule has 0 aromatic heterocycles. The Morgan fingerprint density at radius 3 is 2.67 bits per heavy atom. The summed E-state index contributed by atoms with van der Waals surface area (Å²) in [4.78, 5) is 15.4. The fraction of sp³-hybridized carbons (Fsp3) is 0.600. The van der Waals surface area contributed by atoms with Crippen LogP contribution in [-0.4, -0.2) is 55.0 Å². The molecule has 1 fully saturated rings. The second-order valence-corrected chi connectivity index (χ2v) is 5.81. The summed E-state index contributed by atoms with van der Waals surface area (Å²) >= 11 is 0. The monoisotopic (exact) mass is 292 g/mol. The van der Waals surface area contributed by atoms with Crippen molar-refractivity contribution in [1.82, 2.24) is 9.80 Å². The smallest absolute Gasteiger partial charge is 0.292 e. The summed E-state index contributed by atoms with van der Waals surface area (Å²) in [6.45, 7) is 2.99. The SMILES string of the molecule is CNc1ccc(CN(C)C2CCN(C)CC2)cc1[N+](=O)[O-]. The highest BCUT2D eigenvalue weighted by Gasteiger charge is 2.21. The highest BCUT2D eigenvalue weighted by molar-refractivity contribution is 5.62. The van der Waals surface area contributed by atoms with E-state index in [1.807, 2.05) is 6.07 Å². The van der Waals surface area contributed by atoms with Crippen molar-refractivity contribution >= 4 is 11.4 Å². The molecular weight excluding hydrogens is 268 g/mol. The number of likely N-dealkylation sites (tertiary alicyclic amines) is 1. The molecule has 0 bridgehead atoms. The van der Waals surface area contributed by atoms with E-state index in [-0.39, 0.29) is 10.6 Å². The van der Waals surface area contributed by atoms with Crippen LogP contribution >= 0.6 is 0 Å². The number of rotatable bonds is 5. The lowest BCUT2D eigenvalue weighted by Crippen LogP contribution is -2.41. The summed E-state index contributed by atoms with van der Waals surface area (Å²) in [6.07, 6.45) is 2.31. The van der Waals surface area contributed by atoms with Gasteiger partial charge < -0.3 is 10.2 Å². The van der Waals surface area contributed by atoms with Crippen LogP contribution in [0.5, 0.6) is 0 Å². The van der Waals surface area contributed by atoms with Gasteiger partial charge in [0, 0.05) is 25.7 Å². The summed E-state index contributed by atoms with van der Waals surface area (Å²) < 4.78 is 0. The molecule has 1 heterocycles. The minimum atomic E-state index is -0.328. The Morgan fingerprint density at radius 1 is 1.43 bits per heavy atom. The zero-order valence-corrected chi connectivity index (χ0v) is 13.0. The molecule has 0 saturated carbocycles. The molecule has 1 aromatic carbocycles. The van der Waals surface area contributed by atoms with E-state index < -0.39 is 0 Å². The molecule has 1 aliphatic rings. The lowest BCUT2D eigenvalue weighted by molar-refractivity contribution is -0.384. The van der Waals surface area contributed by atoms with Gasteiger partial charge in [0.25, 0.3) is 5.69 Å². The second kappa shape index (κ2) is 6.87. The zero-order chi connectivity index (χ0) is 15.4. The summed E-state index contributed by atoms with van der Waals surface area (Å²) in [7, 11) is 5.95. The largest absolute Gasteiger partial charge is 0.383 e. The van der Waals surface area contributed by atoms with E-state index in [1.165, 1.54) is 0 Å². The molecule has 2 rings (SSSR count). The van der Waals surface area contributed by atoms with Crippen LogP contribution < -0.4 is 5.32 Å². The first-order chi connectivity index (χ1) is 10.0. The average molecular weight is 292 g/mol. The van der Waals surface area contributed by atoms with Crippen molar-refractivity contribution in [2.45, 2.75) is 25.4 Å². The number of nitro groups is 1. The van der Waals surface area contributed by atoms with Crippen molar-refractivity contribution in [3.8, 4) is 0 Å². The molecule has 0 atom stereocenters. The number of benzene rings is 1. The quantitative estimate of drug-likeness (QED) is 0.665. The number of piperidine rings is 1. The van der Waals surface area contributed by atoms with E-state index in [0.29, 0.717) is 11.7 Å². The normalized spacial score (nSPS) is 17.1. The molecule has 1 saturated heterocycles. The molecule has 1 aliphatic heterocycles. The second-order valence-electron chi connectivity index (χ2n) is 5.81. The van der Waals surface area contributed by atoms with Gasteiger partial charge in [0.1, 0.15) is 5.69 Å². The molecule has 0 radical (unpaired) electrons. The van der Waals surface area contributed by atoms with Crippen LogP contribution in [-0.2, 0) is 6.54 Å². The third-order valence-corrected chi connectivity index (χ3v) is 4.27. The van der Waals surface area contributed by atoms with Crippen LogP contribution in [0, 0.1) is 10.1 Å². The number of hydrogen-bond acceptors (Lipinski definition) is 5. The number of nitrogens with one attached hydrogen (secondary N) is 1. The van der Waals surface area contributed by atoms with Gasteiger partial charge in [-0.05, 0) is 51.7 Å². The van der Waals surface area contributed by atoms with E-state index in [1.54, 1.807) is 19.2 Å². The van der Waals surface area contributed by atoms with Gasteiger partial charge in [0.15, 0.2) is 0 Å². The lowest BCUT2D eigenvalue weighted by Gasteiger charge is -2.35. The summed E-state index contributed by atoms with van der Waals surface area (Å²) in [5.74, 6) is 0. The molecule has 6 nitrogen and oxygen atoms in total. The first-order valence-electron chi connectivity index (χ1n) is 7.35. The maximum Gasteiger partial charge on any atom is 0.292 e. The number of nitro benzene ring substituents is 1. The molecule has 0 amide bonds. The van der Waals surface area contributed by atoms with Crippen LogP contribution in [0.2, 0.25) is 0 Å². The van der Waals surface area contributed by atoms with Gasteiger partial charge in [-0.15, -0.1) is 0 Å². The third kappa shape index (κ3) is 3.92. The Morgan fingerprint density at radius 2 is 2.10 bits per heavy atom. The van der Waals surface area contributed by atoms with Crippen molar-refractivity contribution < 1.29 is 4.92 Å². The molecule has 0 spiro atoms. The topological polar surface area (TPSA) is 61.6 Å². The molecular formula is C15H24N4O2. The minimum Gasteiger partial charge on any atom is -0.383 e. The van der Waals surface area contributed by atoms with Gasteiger partial charge in [-0.1, -0.05) is 6.07 Å². The van der Waals surface area contributed by atoms with E-state index in [2.05, 4.69) is 29.2 Å². The standard InChI is InChI=1S/C15H24N4O2/c1-16-14-5-4-12(10-15(14)19(20)21)11-18(3)13-6-8-17(2)9-7-13/h4-5,10,13,16H,6-9,11H2,1-3H3. The maximum absolute atomic E-state index is 11.1. The predicted molar refractivity (Wildman–Crippen MR) is 84.6 cm³/mol. The van der Waals surface area contributed by atoms with Crippen molar-refractivity contribution in [3.63, 3.8) is 0 Å². The van der Waals surface area contributed by atoms with Gasteiger partial charge in [0.05, 0.1) is 4.92 Å². The molecule has 1 N–H and O–H groups in total. The highest BCUT2D eigenvalue weighted by atomic mass is 16.6. The number of anilines is 1. The van der Waals surface area contributed by atoms with E-state index in [4.69, 9.17) is 0 Å². The van der Waals surface area contributed by atoms with Crippen molar-refractivity contribution in [3.05, 3.63) is 33.9 Å². The van der Waals surface area contributed by atoms with Gasteiger partial charge in [-0.2, -0.15) is 0 Å². The highest BCUT2D eigenvalue weighted by Crippen LogP contribution is 2.26. The first kappa shape index (κ1) is 15.7. The van der Waals surface area contributed by atoms with E-state index in [0.717, 1.165) is 38.0 Å². The van der Waals surface area contributed by atoms with Crippen LogP contribution in [0.1, 0.15) is 18.4 Å². The van der Waals surface area contributed by atoms with Gasteiger partial charge in [-0.3, -0.25) is 15.0 Å². The Balaban J connectivity index is 2.05. The van der Waals surface area contributed by atoms with Crippen LogP contribution in [0.3, 0.4) is 0 Å². The number of hydrogen-bond donors (Lipinski definition) is 1. The van der Waals surface area contributed by atoms with Gasteiger partial charge in [-0.25, -0.2) is 0 Å². The summed E-state index contributed by atoms with van der Waals surface area (Å²) in [6, 6.07) is 5.99. The molecule has 6 heteroatoms. The zero-order valence-electron chi connectivity index (χ0n) is 13.0. The first-order valence-corrected chi connectivity index (χ1v) is 7.35. The maximum atomic E-state index is 11.1. The van der Waals surface area contributed by atoms with Crippen molar-refractivity contribution in [2.75, 3.05) is 39.5 Å². The van der Waals surface area contributed by atoms with Crippen LogP contribution in [0.15, 0.2) is 18.2 Å². The summed E-state index contributed by atoms with van der Waals surface area (Å²) in [5.41, 5.74) is 1.69. The fourth-order valence-electron chi connectivity index (χ4n) is 2.89. The Labute approximate surface area is 125 Å². The number of nitrogens with zero attached hydrogens (tertiary/aromatic N) is 3.